The molecule has 1 aromatic heterocycles. The molecule has 0 spiro atoms. The topological polar surface area (TPSA) is 66.5 Å². The van der Waals surface area contributed by atoms with Gasteiger partial charge in [0.05, 0.1) is 11.7 Å². The summed E-state index contributed by atoms with van der Waals surface area (Å²) in [6.45, 7) is 2.02. The maximum atomic E-state index is 13.1. The van der Waals surface area contributed by atoms with Gasteiger partial charge in [0.2, 0.25) is 0 Å². The number of sulfonamides is 1. The van der Waals surface area contributed by atoms with Gasteiger partial charge in [-0.15, -0.1) is 11.3 Å². The zero-order valence-corrected chi connectivity index (χ0v) is 19.9. The van der Waals surface area contributed by atoms with E-state index in [0.29, 0.717) is 11.3 Å². The Morgan fingerprint density at radius 1 is 0.848 bits per heavy atom. The molecule has 0 radical (unpaired) electrons. The van der Waals surface area contributed by atoms with Crippen LogP contribution in [0, 0.1) is 6.92 Å². The summed E-state index contributed by atoms with van der Waals surface area (Å²) in [7, 11) is -2.12. The number of hydrogen-bond acceptors (Lipinski definition) is 4. The lowest BCUT2D eigenvalue weighted by molar-refractivity contribution is 0.0943. The monoisotopic (exact) mass is 476 g/mol. The van der Waals surface area contributed by atoms with Crippen LogP contribution in [0.4, 0.5) is 5.69 Å². The quantitative estimate of drug-likeness (QED) is 0.388. The van der Waals surface area contributed by atoms with Gasteiger partial charge in [0, 0.05) is 12.6 Å². The summed E-state index contributed by atoms with van der Waals surface area (Å²) in [5.74, 6) is -0.236. The van der Waals surface area contributed by atoms with Gasteiger partial charge in [0.25, 0.3) is 15.9 Å². The Morgan fingerprint density at radius 3 is 2.09 bits per heavy atom. The maximum Gasteiger partial charge on any atom is 0.273 e. The highest BCUT2D eigenvalue weighted by atomic mass is 32.2. The number of aryl methyl sites for hydroxylation is 1. The second-order valence-corrected chi connectivity index (χ2v) is 10.8. The van der Waals surface area contributed by atoms with Crippen molar-refractivity contribution in [1.29, 1.82) is 0 Å². The van der Waals surface area contributed by atoms with Crippen LogP contribution in [0.5, 0.6) is 0 Å². The van der Waals surface area contributed by atoms with E-state index in [1.165, 1.54) is 22.7 Å². The van der Waals surface area contributed by atoms with Crippen molar-refractivity contribution in [2.45, 2.75) is 17.2 Å². The molecule has 0 aliphatic heterocycles. The molecule has 0 fully saturated rings. The number of carbonyl (C=O) groups excluding carboxylic acids is 1. The summed E-state index contributed by atoms with van der Waals surface area (Å²) >= 11 is 1.17. The highest BCUT2D eigenvalue weighted by molar-refractivity contribution is 7.94. The molecule has 168 valence electrons. The number of amides is 1. The summed E-state index contributed by atoms with van der Waals surface area (Å²) in [5, 5.41) is 4.85. The standard InChI is InChI=1S/C26H24N2O3S2/c1-19-10-12-21(13-11-19)25(20-7-4-3-5-8-20)27-26(29)22-14-16-23(17-15-22)28(2)33(30,31)24-9-6-18-32-24/h3-18,25H,1-2H3,(H,27,29)/t25-/m0/s1. The molecule has 4 aromatic rings. The molecular weight excluding hydrogens is 452 g/mol. The van der Waals surface area contributed by atoms with E-state index in [2.05, 4.69) is 5.32 Å². The third-order valence-corrected chi connectivity index (χ3v) is 8.58. The Balaban J connectivity index is 1.56. The van der Waals surface area contributed by atoms with Gasteiger partial charge in [-0.05, 0) is 53.8 Å². The molecule has 1 atom stereocenters. The van der Waals surface area contributed by atoms with Crippen molar-refractivity contribution in [2.75, 3.05) is 11.4 Å². The Morgan fingerprint density at radius 2 is 1.48 bits per heavy atom. The van der Waals surface area contributed by atoms with Gasteiger partial charge in [-0.25, -0.2) is 8.42 Å². The zero-order valence-electron chi connectivity index (χ0n) is 18.3. The molecule has 0 aliphatic carbocycles. The fourth-order valence-corrected chi connectivity index (χ4v) is 5.84. The molecule has 33 heavy (non-hydrogen) atoms. The molecule has 0 saturated heterocycles. The Kier molecular flexibility index (Phi) is 6.62. The summed E-state index contributed by atoms with van der Waals surface area (Å²) in [6.07, 6.45) is 0. The number of nitrogens with one attached hydrogen (secondary N) is 1. The number of carbonyl (C=O) groups is 1. The minimum absolute atomic E-state index is 0.236. The minimum Gasteiger partial charge on any atom is -0.341 e. The van der Waals surface area contributed by atoms with Crippen LogP contribution < -0.4 is 9.62 Å². The first kappa shape index (κ1) is 22.8. The van der Waals surface area contributed by atoms with Crippen LogP contribution >= 0.6 is 11.3 Å². The van der Waals surface area contributed by atoms with Gasteiger partial charge in [0.1, 0.15) is 4.21 Å². The Bertz CT molecular complexity index is 1320. The maximum absolute atomic E-state index is 13.1. The zero-order chi connectivity index (χ0) is 23.4. The summed E-state index contributed by atoms with van der Waals surface area (Å²) < 4.78 is 27.0. The van der Waals surface area contributed by atoms with E-state index in [1.54, 1.807) is 41.8 Å². The van der Waals surface area contributed by atoms with Crippen LogP contribution in [-0.2, 0) is 10.0 Å². The van der Waals surface area contributed by atoms with E-state index in [1.807, 2.05) is 61.5 Å². The van der Waals surface area contributed by atoms with Crippen molar-refractivity contribution >= 4 is 33.0 Å². The van der Waals surface area contributed by atoms with E-state index in [-0.39, 0.29) is 16.2 Å². The third-order valence-electron chi connectivity index (χ3n) is 5.42. The van der Waals surface area contributed by atoms with Crippen LogP contribution in [0.1, 0.15) is 33.1 Å². The van der Waals surface area contributed by atoms with Crippen LogP contribution in [0.15, 0.2) is 101 Å². The van der Waals surface area contributed by atoms with Gasteiger partial charge >= 0.3 is 0 Å². The lowest BCUT2D eigenvalue weighted by Crippen LogP contribution is -2.29. The molecule has 1 N–H and O–H groups in total. The largest absolute Gasteiger partial charge is 0.341 e. The van der Waals surface area contributed by atoms with Crippen molar-refractivity contribution < 1.29 is 13.2 Å². The smallest absolute Gasteiger partial charge is 0.273 e. The van der Waals surface area contributed by atoms with Crippen LogP contribution in [0.3, 0.4) is 0 Å². The number of benzene rings is 3. The number of nitrogens with zero attached hydrogens (tertiary/aromatic N) is 1. The normalized spacial score (nSPS) is 12.2. The third kappa shape index (κ3) is 4.99. The Hall–Kier alpha value is -3.42. The number of rotatable bonds is 7. The predicted octanol–water partition coefficient (Wildman–Crippen LogP) is 5.40. The molecular formula is C26H24N2O3S2. The second kappa shape index (κ2) is 9.60. The van der Waals surface area contributed by atoms with Gasteiger partial charge in [-0.2, -0.15) is 0 Å². The molecule has 0 saturated carbocycles. The van der Waals surface area contributed by atoms with Gasteiger partial charge in [-0.1, -0.05) is 66.2 Å². The van der Waals surface area contributed by atoms with E-state index >= 15 is 0 Å². The first-order valence-electron chi connectivity index (χ1n) is 10.4. The van der Waals surface area contributed by atoms with Crippen LogP contribution in [0.25, 0.3) is 0 Å². The Labute approximate surface area is 198 Å². The molecule has 5 nitrogen and oxygen atoms in total. The van der Waals surface area contributed by atoms with Crippen molar-refractivity contribution in [3.63, 3.8) is 0 Å². The average molecular weight is 477 g/mol. The van der Waals surface area contributed by atoms with E-state index < -0.39 is 10.0 Å². The number of anilines is 1. The first-order valence-corrected chi connectivity index (χ1v) is 12.7. The molecule has 0 unspecified atom stereocenters. The lowest BCUT2D eigenvalue weighted by Gasteiger charge is -2.21. The van der Waals surface area contributed by atoms with Crippen molar-refractivity contribution in [2.24, 2.45) is 0 Å². The SMILES string of the molecule is Cc1ccc([C@@H](NC(=O)c2ccc(N(C)S(=O)(=O)c3cccs3)cc2)c2ccccc2)cc1. The molecule has 7 heteroatoms. The summed E-state index contributed by atoms with van der Waals surface area (Å²) in [4.78, 5) is 13.1. The average Bonchev–Trinajstić information content (AvgIpc) is 3.39. The fourth-order valence-electron chi connectivity index (χ4n) is 3.48. The van der Waals surface area contributed by atoms with Gasteiger partial charge < -0.3 is 5.32 Å². The van der Waals surface area contributed by atoms with Crippen molar-refractivity contribution in [1.82, 2.24) is 5.32 Å². The van der Waals surface area contributed by atoms with Crippen molar-refractivity contribution in [3.8, 4) is 0 Å². The number of hydrogen-bond donors (Lipinski definition) is 1. The minimum atomic E-state index is -3.63. The van der Waals surface area contributed by atoms with Crippen LogP contribution in [-0.4, -0.2) is 21.4 Å². The van der Waals surface area contributed by atoms with Crippen LogP contribution in [0.2, 0.25) is 0 Å². The molecule has 0 bridgehead atoms. The first-order chi connectivity index (χ1) is 15.9. The van der Waals surface area contributed by atoms with Gasteiger partial charge in [0.15, 0.2) is 0 Å². The fraction of sp³-hybridized carbons (Fsp3) is 0.115. The molecule has 1 amide bonds. The number of thiophene rings is 1. The second-order valence-electron chi connectivity index (χ2n) is 7.68. The van der Waals surface area contributed by atoms with E-state index in [0.717, 1.165) is 16.7 Å². The molecule has 4 rings (SSSR count). The van der Waals surface area contributed by atoms with E-state index in [4.69, 9.17) is 0 Å². The predicted molar refractivity (Wildman–Crippen MR) is 133 cm³/mol. The van der Waals surface area contributed by atoms with Crippen molar-refractivity contribution in [3.05, 3.63) is 119 Å². The van der Waals surface area contributed by atoms with E-state index in [9.17, 15) is 13.2 Å². The molecule has 1 heterocycles. The highest BCUT2D eigenvalue weighted by Crippen LogP contribution is 2.26. The lowest BCUT2D eigenvalue weighted by atomic mass is 9.97. The summed E-state index contributed by atoms with van der Waals surface area (Å²) in [6, 6.07) is 27.4. The summed E-state index contributed by atoms with van der Waals surface area (Å²) in [5.41, 5.74) is 4.05. The highest BCUT2D eigenvalue weighted by Gasteiger charge is 2.23. The van der Waals surface area contributed by atoms with Gasteiger partial charge in [-0.3, -0.25) is 9.10 Å². The molecule has 3 aromatic carbocycles. The molecule has 0 aliphatic rings.